The van der Waals surface area contributed by atoms with E-state index in [0.29, 0.717) is 22.8 Å². The van der Waals surface area contributed by atoms with E-state index >= 15 is 0 Å². The first kappa shape index (κ1) is 17.3. The molecule has 8 nitrogen and oxygen atoms in total. The predicted octanol–water partition coefficient (Wildman–Crippen LogP) is 1.94. The summed E-state index contributed by atoms with van der Waals surface area (Å²) >= 11 is 0. The first-order valence-corrected chi connectivity index (χ1v) is 7.38. The minimum Gasteiger partial charge on any atom is -0.486 e. The van der Waals surface area contributed by atoms with Crippen LogP contribution in [0, 0.1) is 0 Å². The Morgan fingerprint density at radius 2 is 1.73 bits per heavy atom. The second-order valence-electron chi connectivity index (χ2n) is 5.06. The van der Waals surface area contributed by atoms with Gasteiger partial charge in [-0.15, -0.1) is 5.10 Å². The first-order chi connectivity index (χ1) is 12.5. The van der Waals surface area contributed by atoms with Gasteiger partial charge in [-0.3, -0.25) is 4.79 Å². The molecule has 1 amide bonds. The van der Waals surface area contributed by atoms with E-state index < -0.39 is 12.5 Å². The van der Waals surface area contributed by atoms with Gasteiger partial charge in [-0.2, -0.15) is 13.5 Å². The van der Waals surface area contributed by atoms with Crippen molar-refractivity contribution < 1.29 is 23.0 Å². The standard InChI is InChI=1S/C16H13F2N5O3/c17-16(18)26-13-7-3-11(4-8-13)23-14(20-21-22-23)9-25-12-5-1-10(2-6-12)15(19)24/h1-8,16H,9H2,(H2,19,24). The summed E-state index contributed by atoms with van der Waals surface area (Å²) in [5, 5.41) is 11.3. The molecule has 10 heteroatoms. The third kappa shape index (κ3) is 4.09. The van der Waals surface area contributed by atoms with Crippen LogP contribution >= 0.6 is 0 Å². The fourth-order valence-electron chi connectivity index (χ4n) is 2.13. The number of primary amides is 1. The summed E-state index contributed by atoms with van der Waals surface area (Å²) in [6.07, 6.45) is 0. The lowest BCUT2D eigenvalue weighted by Gasteiger charge is -2.08. The number of hydrogen-bond acceptors (Lipinski definition) is 6. The zero-order valence-electron chi connectivity index (χ0n) is 13.3. The highest BCUT2D eigenvalue weighted by atomic mass is 19.3. The molecule has 3 aromatic rings. The summed E-state index contributed by atoms with van der Waals surface area (Å²) in [4.78, 5) is 11.0. The molecular formula is C16H13F2N5O3. The van der Waals surface area contributed by atoms with Crippen LogP contribution in [0.15, 0.2) is 48.5 Å². The van der Waals surface area contributed by atoms with Gasteiger partial charge in [-0.1, -0.05) is 0 Å². The Kier molecular flexibility index (Phi) is 5.02. The summed E-state index contributed by atoms with van der Waals surface area (Å²) in [7, 11) is 0. The monoisotopic (exact) mass is 361 g/mol. The first-order valence-electron chi connectivity index (χ1n) is 7.38. The lowest BCUT2D eigenvalue weighted by atomic mass is 10.2. The molecule has 2 aromatic carbocycles. The van der Waals surface area contributed by atoms with Crippen LogP contribution < -0.4 is 15.2 Å². The number of alkyl halides is 2. The molecule has 0 atom stereocenters. The Hall–Kier alpha value is -3.56. The second-order valence-corrected chi connectivity index (χ2v) is 5.06. The number of nitrogens with zero attached hydrogens (tertiary/aromatic N) is 4. The fourth-order valence-corrected chi connectivity index (χ4v) is 2.13. The van der Waals surface area contributed by atoms with E-state index in [1.54, 1.807) is 36.4 Å². The number of tetrazole rings is 1. The topological polar surface area (TPSA) is 105 Å². The maximum Gasteiger partial charge on any atom is 0.387 e. The Morgan fingerprint density at radius 1 is 1.08 bits per heavy atom. The lowest BCUT2D eigenvalue weighted by Crippen LogP contribution is -2.10. The average Bonchev–Trinajstić information content (AvgIpc) is 3.09. The van der Waals surface area contributed by atoms with Gasteiger partial charge in [0.05, 0.1) is 5.69 Å². The van der Waals surface area contributed by atoms with Crippen molar-refractivity contribution in [2.45, 2.75) is 13.2 Å². The minimum atomic E-state index is -2.89. The van der Waals surface area contributed by atoms with E-state index in [9.17, 15) is 13.6 Å². The molecule has 1 aromatic heterocycles. The highest BCUT2D eigenvalue weighted by molar-refractivity contribution is 5.92. The van der Waals surface area contributed by atoms with Crippen LogP contribution in [-0.4, -0.2) is 32.7 Å². The van der Waals surface area contributed by atoms with E-state index in [2.05, 4.69) is 20.3 Å². The van der Waals surface area contributed by atoms with Gasteiger partial charge in [0.25, 0.3) is 0 Å². The number of amides is 1. The molecule has 0 saturated carbocycles. The molecule has 0 radical (unpaired) electrons. The third-order valence-electron chi connectivity index (χ3n) is 3.35. The summed E-state index contributed by atoms with van der Waals surface area (Å²) in [6, 6.07) is 12.1. The molecule has 0 aliphatic rings. The number of nitrogens with two attached hydrogens (primary N) is 1. The van der Waals surface area contributed by atoms with Crippen molar-refractivity contribution in [2.75, 3.05) is 0 Å². The van der Waals surface area contributed by atoms with Gasteiger partial charge in [-0.25, -0.2) is 0 Å². The zero-order chi connectivity index (χ0) is 18.5. The summed E-state index contributed by atoms with van der Waals surface area (Å²) in [5.74, 6) is 0.403. The molecule has 1 heterocycles. The quantitative estimate of drug-likeness (QED) is 0.689. The van der Waals surface area contributed by atoms with Crippen LogP contribution in [0.3, 0.4) is 0 Å². The summed E-state index contributed by atoms with van der Waals surface area (Å²) in [6.45, 7) is -2.84. The van der Waals surface area contributed by atoms with E-state index in [-0.39, 0.29) is 12.4 Å². The summed E-state index contributed by atoms with van der Waals surface area (Å²) in [5.41, 5.74) is 6.10. The number of carbonyl (C=O) groups is 1. The van der Waals surface area contributed by atoms with Gasteiger partial charge < -0.3 is 15.2 Å². The lowest BCUT2D eigenvalue weighted by molar-refractivity contribution is -0.0498. The van der Waals surface area contributed by atoms with E-state index in [1.807, 2.05) is 0 Å². The van der Waals surface area contributed by atoms with Crippen molar-refractivity contribution in [1.29, 1.82) is 0 Å². The van der Waals surface area contributed by atoms with E-state index in [1.165, 1.54) is 16.8 Å². The van der Waals surface area contributed by atoms with Crippen LogP contribution in [0.2, 0.25) is 0 Å². The zero-order valence-corrected chi connectivity index (χ0v) is 13.3. The molecule has 0 aliphatic heterocycles. The Balaban J connectivity index is 1.69. The molecule has 134 valence electrons. The van der Waals surface area contributed by atoms with Crippen molar-refractivity contribution in [3.05, 3.63) is 59.9 Å². The maximum atomic E-state index is 12.2. The smallest absolute Gasteiger partial charge is 0.387 e. The van der Waals surface area contributed by atoms with Gasteiger partial charge >= 0.3 is 6.61 Å². The molecule has 0 spiro atoms. The van der Waals surface area contributed by atoms with E-state index in [0.717, 1.165) is 0 Å². The number of hydrogen-bond donors (Lipinski definition) is 1. The molecule has 0 unspecified atom stereocenters. The largest absolute Gasteiger partial charge is 0.486 e. The fraction of sp³-hybridized carbons (Fsp3) is 0.125. The van der Waals surface area contributed by atoms with Gasteiger partial charge in [0.15, 0.2) is 5.82 Å². The number of halogens is 2. The molecule has 0 bridgehead atoms. The highest BCUT2D eigenvalue weighted by Crippen LogP contribution is 2.18. The van der Waals surface area contributed by atoms with Gasteiger partial charge in [0.1, 0.15) is 18.1 Å². The normalized spacial score (nSPS) is 10.7. The van der Waals surface area contributed by atoms with Crippen LogP contribution in [0.4, 0.5) is 8.78 Å². The third-order valence-corrected chi connectivity index (χ3v) is 3.35. The molecule has 3 rings (SSSR count). The molecule has 26 heavy (non-hydrogen) atoms. The van der Waals surface area contributed by atoms with Crippen molar-refractivity contribution in [2.24, 2.45) is 5.73 Å². The van der Waals surface area contributed by atoms with Crippen molar-refractivity contribution >= 4 is 5.91 Å². The number of carbonyl (C=O) groups excluding carboxylic acids is 1. The number of ether oxygens (including phenoxy) is 2. The highest BCUT2D eigenvalue weighted by Gasteiger charge is 2.11. The number of aromatic nitrogens is 4. The Bertz CT molecular complexity index is 882. The molecule has 0 fully saturated rings. The van der Waals surface area contributed by atoms with E-state index in [4.69, 9.17) is 10.5 Å². The van der Waals surface area contributed by atoms with Crippen LogP contribution in [-0.2, 0) is 6.61 Å². The van der Waals surface area contributed by atoms with Crippen LogP contribution in [0.1, 0.15) is 16.2 Å². The molecule has 0 aliphatic carbocycles. The second kappa shape index (κ2) is 7.55. The molecular weight excluding hydrogens is 348 g/mol. The Morgan fingerprint density at radius 3 is 2.35 bits per heavy atom. The van der Waals surface area contributed by atoms with Gasteiger partial charge in [-0.05, 0) is 59.0 Å². The van der Waals surface area contributed by atoms with Crippen molar-refractivity contribution in [3.8, 4) is 17.2 Å². The van der Waals surface area contributed by atoms with Crippen LogP contribution in [0.5, 0.6) is 11.5 Å². The minimum absolute atomic E-state index is 0.0316. The summed E-state index contributed by atoms with van der Waals surface area (Å²) < 4.78 is 35.7. The van der Waals surface area contributed by atoms with Gasteiger partial charge in [0, 0.05) is 5.56 Å². The average molecular weight is 361 g/mol. The molecule has 2 N–H and O–H groups in total. The van der Waals surface area contributed by atoms with Crippen LogP contribution in [0.25, 0.3) is 5.69 Å². The molecule has 0 saturated heterocycles. The predicted molar refractivity (Wildman–Crippen MR) is 85.1 cm³/mol. The maximum absolute atomic E-state index is 12.2. The van der Waals surface area contributed by atoms with Gasteiger partial charge in [0.2, 0.25) is 5.91 Å². The number of rotatable bonds is 7. The SMILES string of the molecule is NC(=O)c1ccc(OCc2nnnn2-c2ccc(OC(F)F)cc2)cc1. The Labute approximate surface area is 146 Å². The number of benzene rings is 2. The van der Waals surface area contributed by atoms with Crippen molar-refractivity contribution in [1.82, 2.24) is 20.2 Å². The van der Waals surface area contributed by atoms with Crippen molar-refractivity contribution in [3.63, 3.8) is 0 Å².